The first-order valence-corrected chi connectivity index (χ1v) is 11.3. The summed E-state index contributed by atoms with van der Waals surface area (Å²) in [5, 5.41) is 11.7. The third-order valence-electron chi connectivity index (χ3n) is 5.15. The van der Waals surface area contributed by atoms with E-state index in [0.717, 1.165) is 17.7 Å². The number of carbonyl (C=O) groups is 3. The highest BCUT2D eigenvalue weighted by atomic mass is 16.2. The molecule has 3 amide bonds. The summed E-state index contributed by atoms with van der Waals surface area (Å²) in [5.74, 6) is -0.472. The molecule has 3 aromatic rings. The van der Waals surface area contributed by atoms with E-state index >= 15 is 0 Å². The first-order valence-electron chi connectivity index (χ1n) is 11.3. The minimum atomic E-state index is -0.240. The maximum atomic E-state index is 12.6. The fraction of sp³-hybridized carbons (Fsp3) is 0.222. The Hall–Kier alpha value is -4.13. The topological polar surface area (TPSA) is 99.3 Å². The maximum absolute atomic E-state index is 12.6. The van der Waals surface area contributed by atoms with Crippen molar-refractivity contribution in [3.8, 4) is 0 Å². The second-order valence-corrected chi connectivity index (χ2v) is 7.96. The van der Waals surface area contributed by atoms with Crippen molar-refractivity contribution in [2.75, 3.05) is 22.5 Å². The van der Waals surface area contributed by atoms with Crippen molar-refractivity contribution in [2.45, 2.75) is 32.7 Å². The lowest BCUT2D eigenvalue weighted by atomic mass is 10.1. The number of hydrogen-bond donors (Lipinski definition) is 4. The summed E-state index contributed by atoms with van der Waals surface area (Å²) < 4.78 is 0. The molecular weight excluding hydrogens is 428 g/mol. The summed E-state index contributed by atoms with van der Waals surface area (Å²) in [4.78, 5) is 36.7. The molecule has 0 radical (unpaired) electrons. The van der Waals surface area contributed by atoms with Crippen molar-refractivity contribution in [3.63, 3.8) is 0 Å². The molecule has 0 spiro atoms. The van der Waals surface area contributed by atoms with E-state index in [1.807, 2.05) is 44.2 Å². The zero-order valence-electron chi connectivity index (χ0n) is 19.4. The Morgan fingerprint density at radius 3 is 2.15 bits per heavy atom. The molecule has 0 saturated carbocycles. The van der Waals surface area contributed by atoms with E-state index in [1.165, 1.54) is 0 Å². The van der Waals surface area contributed by atoms with Crippen LogP contribution in [-0.2, 0) is 9.59 Å². The molecule has 4 N–H and O–H groups in total. The van der Waals surface area contributed by atoms with Gasteiger partial charge in [0.05, 0.1) is 12.6 Å². The fourth-order valence-electron chi connectivity index (χ4n) is 3.35. The van der Waals surface area contributed by atoms with E-state index in [-0.39, 0.29) is 30.3 Å². The number of hydrogen-bond acceptors (Lipinski definition) is 4. The van der Waals surface area contributed by atoms with Gasteiger partial charge in [0.2, 0.25) is 11.8 Å². The molecule has 0 saturated heterocycles. The highest BCUT2D eigenvalue weighted by Crippen LogP contribution is 2.16. The smallest absolute Gasteiger partial charge is 0.251 e. The van der Waals surface area contributed by atoms with Crippen molar-refractivity contribution in [1.29, 1.82) is 0 Å². The zero-order valence-corrected chi connectivity index (χ0v) is 19.4. The molecule has 0 aromatic heterocycles. The van der Waals surface area contributed by atoms with Crippen molar-refractivity contribution in [2.24, 2.45) is 0 Å². The standard InChI is InChI=1S/C27H30N4O3/c1-3-8-25(32)30-23-15-13-22(14-16-23)28-18-26(33)31-24-12-7-11-21(17-24)27(34)29-19(2)20-9-5-4-6-10-20/h4-7,9-17,19,28H,3,8,18H2,1-2H3,(H,29,34)(H,30,32)(H,31,33). The second-order valence-electron chi connectivity index (χ2n) is 7.96. The van der Waals surface area contributed by atoms with E-state index in [1.54, 1.807) is 48.5 Å². The van der Waals surface area contributed by atoms with E-state index in [2.05, 4.69) is 21.3 Å². The van der Waals surface area contributed by atoms with Crippen LogP contribution in [-0.4, -0.2) is 24.3 Å². The predicted molar refractivity (Wildman–Crippen MR) is 136 cm³/mol. The Labute approximate surface area is 200 Å². The van der Waals surface area contributed by atoms with Gasteiger partial charge in [0, 0.05) is 29.0 Å². The van der Waals surface area contributed by atoms with Gasteiger partial charge in [0.1, 0.15) is 0 Å². The number of benzene rings is 3. The van der Waals surface area contributed by atoms with Crippen LogP contribution in [0.4, 0.5) is 17.1 Å². The van der Waals surface area contributed by atoms with Crippen LogP contribution in [0, 0.1) is 0 Å². The van der Waals surface area contributed by atoms with Gasteiger partial charge >= 0.3 is 0 Å². The third kappa shape index (κ3) is 7.48. The normalized spacial score (nSPS) is 11.2. The van der Waals surface area contributed by atoms with Crippen LogP contribution in [0.1, 0.15) is 48.7 Å². The van der Waals surface area contributed by atoms with Gasteiger partial charge in [-0.3, -0.25) is 14.4 Å². The van der Waals surface area contributed by atoms with E-state index in [4.69, 9.17) is 0 Å². The Morgan fingerprint density at radius 1 is 0.765 bits per heavy atom. The summed E-state index contributed by atoms with van der Waals surface area (Å²) in [7, 11) is 0. The van der Waals surface area contributed by atoms with Crippen LogP contribution in [0.2, 0.25) is 0 Å². The SMILES string of the molecule is CCCC(=O)Nc1ccc(NCC(=O)Nc2cccc(C(=O)NC(C)c3ccccc3)c2)cc1. The van der Waals surface area contributed by atoms with Crippen LogP contribution in [0.15, 0.2) is 78.9 Å². The highest BCUT2D eigenvalue weighted by molar-refractivity contribution is 5.98. The molecule has 0 aliphatic carbocycles. The summed E-state index contributed by atoms with van der Waals surface area (Å²) in [5.41, 5.74) is 3.49. The minimum Gasteiger partial charge on any atom is -0.376 e. The molecular formula is C27H30N4O3. The third-order valence-corrected chi connectivity index (χ3v) is 5.15. The number of anilines is 3. The number of amides is 3. The van der Waals surface area contributed by atoms with Gasteiger partial charge in [0.15, 0.2) is 0 Å². The van der Waals surface area contributed by atoms with E-state index < -0.39 is 0 Å². The van der Waals surface area contributed by atoms with Gasteiger partial charge in [-0.15, -0.1) is 0 Å². The van der Waals surface area contributed by atoms with E-state index in [9.17, 15) is 14.4 Å². The molecule has 3 rings (SSSR count). The Balaban J connectivity index is 1.50. The monoisotopic (exact) mass is 458 g/mol. The molecule has 0 fully saturated rings. The Kier molecular flexibility index (Phi) is 8.80. The Morgan fingerprint density at radius 2 is 1.44 bits per heavy atom. The molecule has 0 heterocycles. The summed E-state index contributed by atoms with van der Waals surface area (Å²) in [6.07, 6.45) is 1.27. The number of carbonyl (C=O) groups excluding carboxylic acids is 3. The summed E-state index contributed by atoms with van der Waals surface area (Å²) in [6, 6.07) is 23.6. The van der Waals surface area contributed by atoms with E-state index in [0.29, 0.717) is 23.4 Å². The largest absolute Gasteiger partial charge is 0.376 e. The van der Waals surface area contributed by atoms with Gasteiger partial charge in [-0.25, -0.2) is 0 Å². The molecule has 0 aliphatic rings. The minimum absolute atomic E-state index is 0.0203. The van der Waals surface area contributed by atoms with Crippen LogP contribution in [0.5, 0.6) is 0 Å². The lowest BCUT2D eigenvalue weighted by Gasteiger charge is -2.15. The second kappa shape index (κ2) is 12.2. The molecule has 34 heavy (non-hydrogen) atoms. The summed E-state index contributed by atoms with van der Waals surface area (Å²) in [6.45, 7) is 3.94. The van der Waals surface area contributed by atoms with Crippen molar-refractivity contribution < 1.29 is 14.4 Å². The van der Waals surface area contributed by atoms with Crippen molar-refractivity contribution >= 4 is 34.8 Å². The average Bonchev–Trinajstić information content (AvgIpc) is 2.84. The predicted octanol–water partition coefficient (Wildman–Crippen LogP) is 4.97. The molecule has 0 bridgehead atoms. The zero-order chi connectivity index (χ0) is 24.3. The molecule has 176 valence electrons. The van der Waals surface area contributed by atoms with Gasteiger partial charge in [-0.2, -0.15) is 0 Å². The van der Waals surface area contributed by atoms with Gasteiger partial charge in [0.25, 0.3) is 5.91 Å². The van der Waals surface area contributed by atoms with Crippen LogP contribution in [0.25, 0.3) is 0 Å². The lowest BCUT2D eigenvalue weighted by Crippen LogP contribution is -2.27. The van der Waals surface area contributed by atoms with Gasteiger partial charge in [-0.1, -0.05) is 43.3 Å². The quantitative estimate of drug-likeness (QED) is 0.345. The first kappa shape index (κ1) is 24.5. The summed E-state index contributed by atoms with van der Waals surface area (Å²) >= 11 is 0. The lowest BCUT2D eigenvalue weighted by molar-refractivity contribution is -0.116. The Bertz CT molecular complexity index is 1110. The average molecular weight is 459 g/mol. The fourth-order valence-corrected chi connectivity index (χ4v) is 3.35. The van der Waals surface area contributed by atoms with Gasteiger partial charge in [-0.05, 0) is 61.4 Å². The van der Waals surface area contributed by atoms with Crippen LogP contribution in [0.3, 0.4) is 0 Å². The number of nitrogens with one attached hydrogen (secondary N) is 4. The molecule has 1 atom stereocenters. The maximum Gasteiger partial charge on any atom is 0.251 e. The molecule has 7 nitrogen and oxygen atoms in total. The van der Waals surface area contributed by atoms with Crippen molar-refractivity contribution in [3.05, 3.63) is 90.0 Å². The molecule has 7 heteroatoms. The molecule has 3 aromatic carbocycles. The molecule has 1 unspecified atom stereocenters. The molecule has 0 aliphatic heterocycles. The van der Waals surface area contributed by atoms with Crippen LogP contribution >= 0.6 is 0 Å². The number of rotatable bonds is 10. The van der Waals surface area contributed by atoms with Crippen LogP contribution < -0.4 is 21.3 Å². The highest BCUT2D eigenvalue weighted by Gasteiger charge is 2.12. The first-order chi connectivity index (χ1) is 16.4. The van der Waals surface area contributed by atoms with Crippen molar-refractivity contribution in [1.82, 2.24) is 5.32 Å². The van der Waals surface area contributed by atoms with Gasteiger partial charge < -0.3 is 21.3 Å².